The molecule has 0 saturated heterocycles. The Morgan fingerprint density at radius 2 is 1.95 bits per heavy atom. The van der Waals surface area contributed by atoms with Gasteiger partial charge in [-0.15, -0.1) is 0 Å². The van der Waals surface area contributed by atoms with Gasteiger partial charge < -0.3 is 10.5 Å². The minimum absolute atomic E-state index is 0.00580. The molecule has 1 aliphatic rings. The number of sulfone groups is 1. The molecule has 0 amide bonds. The highest BCUT2D eigenvalue weighted by Gasteiger charge is 2.72. The average molecular weight is 345 g/mol. The summed E-state index contributed by atoms with van der Waals surface area (Å²) in [6.45, 7) is 4.02. The second-order valence-electron chi connectivity index (χ2n) is 5.44. The van der Waals surface area contributed by atoms with Crippen molar-refractivity contribution in [3.05, 3.63) is 35.6 Å². The van der Waals surface area contributed by atoms with E-state index in [4.69, 9.17) is 22.7 Å². The zero-order valence-corrected chi connectivity index (χ0v) is 14.2. The van der Waals surface area contributed by atoms with Crippen LogP contribution in [0.4, 0.5) is 4.39 Å². The maximum absolute atomic E-state index is 13.1. The molecule has 3 atom stereocenters. The van der Waals surface area contributed by atoms with Crippen LogP contribution in [-0.4, -0.2) is 37.6 Å². The number of thiocarbonyl (C=S) groups is 1. The minimum atomic E-state index is -3.36. The highest BCUT2D eigenvalue weighted by Crippen LogP contribution is 2.63. The summed E-state index contributed by atoms with van der Waals surface area (Å²) in [5.74, 6) is -0.751. The van der Waals surface area contributed by atoms with E-state index in [1.807, 2.05) is 6.92 Å². The van der Waals surface area contributed by atoms with Crippen LogP contribution in [0.2, 0.25) is 0 Å². The molecule has 2 rings (SSSR count). The van der Waals surface area contributed by atoms with Crippen molar-refractivity contribution in [3.8, 4) is 0 Å². The molecule has 0 heterocycles. The topological polar surface area (TPSA) is 69.4 Å². The number of hydrogen-bond acceptors (Lipinski definition) is 4. The lowest BCUT2D eigenvalue weighted by Gasteiger charge is -2.16. The third-order valence-electron chi connectivity index (χ3n) is 4.28. The molecule has 1 saturated carbocycles. The normalized spacial score (nSPS) is 27.6. The summed E-state index contributed by atoms with van der Waals surface area (Å²) in [7, 11) is -3.36. The lowest BCUT2D eigenvalue weighted by atomic mass is 10.00. The van der Waals surface area contributed by atoms with Crippen LogP contribution in [0.3, 0.4) is 0 Å². The van der Waals surface area contributed by atoms with E-state index in [2.05, 4.69) is 0 Å². The van der Waals surface area contributed by atoms with Gasteiger partial charge in [0.15, 0.2) is 9.84 Å². The number of nitrogens with two attached hydrogens (primary N) is 1. The molecule has 2 N–H and O–H groups in total. The van der Waals surface area contributed by atoms with Crippen molar-refractivity contribution in [3.63, 3.8) is 0 Å². The largest absolute Gasteiger partial charge is 0.393 e. The van der Waals surface area contributed by atoms with Gasteiger partial charge in [0.25, 0.3) is 0 Å². The first kappa shape index (κ1) is 17.3. The zero-order valence-electron chi connectivity index (χ0n) is 12.6. The van der Waals surface area contributed by atoms with Gasteiger partial charge in [-0.05, 0) is 24.6 Å². The van der Waals surface area contributed by atoms with Crippen molar-refractivity contribution in [2.24, 2.45) is 11.1 Å². The Labute approximate surface area is 135 Å². The maximum atomic E-state index is 13.1. The Morgan fingerprint density at radius 1 is 1.36 bits per heavy atom. The Bertz CT molecular complexity index is 660. The third-order valence-corrected chi connectivity index (χ3v) is 6.93. The molecule has 0 spiro atoms. The van der Waals surface area contributed by atoms with Crippen molar-refractivity contribution < 1.29 is 17.5 Å². The standard InChI is InChI=1S/C15H20FNO3S2/c1-3-20-9-15(14(17)21)12(13(15)22(18,19)4-2)10-5-7-11(16)8-6-10/h5-8,12-13H,3-4,9H2,1-2H3,(H2,17,21)/t12-,13+,15+/m1/s1. The molecule has 0 bridgehead atoms. The fourth-order valence-electron chi connectivity index (χ4n) is 3.06. The van der Waals surface area contributed by atoms with Crippen LogP contribution in [0, 0.1) is 11.2 Å². The third kappa shape index (κ3) is 2.77. The highest BCUT2D eigenvalue weighted by molar-refractivity contribution is 7.92. The number of halogens is 1. The summed E-state index contributed by atoms with van der Waals surface area (Å²) in [6.07, 6.45) is 0. The van der Waals surface area contributed by atoms with Crippen molar-refractivity contribution in [2.75, 3.05) is 19.0 Å². The second kappa shape index (κ2) is 6.22. The van der Waals surface area contributed by atoms with E-state index in [9.17, 15) is 12.8 Å². The molecule has 7 heteroatoms. The van der Waals surface area contributed by atoms with Gasteiger partial charge in [0.2, 0.25) is 0 Å². The quantitative estimate of drug-likeness (QED) is 0.766. The lowest BCUT2D eigenvalue weighted by Crippen LogP contribution is -2.34. The monoisotopic (exact) mass is 345 g/mol. The van der Waals surface area contributed by atoms with E-state index >= 15 is 0 Å². The van der Waals surface area contributed by atoms with Crippen molar-refractivity contribution in [2.45, 2.75) is 25.0 Å². The van der Waals surface area contributed by atoms with Gasteiger partial charge in [-0.3, -0.25) is 0 Å². The Hall–Kier alpha value is -1.05. The van der Waals surface area contributed by atoms with E-state index in [0.717, 1.165) is 5.56 Å². The van der Waals surface area contributed by atoms with Crippen LogP contribution >= 0.6 is 12.2 Å². The maximum Gasteiger partial charge on any atom is 0.154 e. The number of rotatable bonds is 7. The molecule has 0 aliphatic heterocycles. The van der Waals surface area contributed by atoms with Gasteiger partial charge in [0.1, 0.15) is 5.82 Å². The molecule has 1 aromatic rings. The van der Waals surface area contributed by atoms with Gasteiger partial charge in [0, 0.05) is 18.3 Å². The van der Waals surface area contributed by atoms with Crippen molar-refractivity contribution >= 4 is 27.0 Å². The van der Waals surface area contributed by atoms with Gasteiger partial charge in [-0.2, -0.15) is 0 Å². The van der Waals surface area contributed by atoms with E-state index in [-0.39, 0.29) is 29.1 Å². The number of ether oxygens (including phenoxy) is 1. The molecule has 1 fully saturated rings. The molecule has 4 nitrogen and oxygen atoms in total. The van der Waals surface area contributed by atoms with Crippen molar-refractivity contribution in [1.29, 1.82) is 0 Å². The molecule has 122 valence electrons. The summed E-state index contributed by atoms with van der Waals surface area (Å²) >= 11 is 5.16. The molecule has 22 heavy (non-hydrogen) atoms. The molecule has 1 aliphatic carbocycles. The van der Waals surface area contributed by atoms with Crippen LogP contribution < -0.4 is 5.73 Å². The second-order valence-corrected chi connectivity index (χ2v) is 8.29. The Morgan fingerprint density at radius 3 is 2.41 bits per heavy atom. The van der Waals surface area contributed by atoms with E-state index < -0.39 is 20.5 Å². The van der Waals surface area contributed by atoms with Gasteiger partial charge in [-0.1, -0.05) is 31.3 Å². The summed E-state index contributed by atoms with van der Waals surface area (Å²) in [4.78, 5) is 0.136. The SMILES string of the molecule is CCOC[C@]1(C(N)=S)[C@H](c2ccc(F)cc2)[C@@H]1S(=O)(=O)CC. The Kier molecular flexibility index (Phi) is 4.89. The molecule has 0 aromatic heterocycles. The molecule has 1 aromatic carbocycles. The van der Waals surface area contributed by atoms with Crippen LogP contribution in [0.25, 0.3) is 0 Å². The van der Waals surface area contributed by atoms with E-state index in [1.54, 1.807) is 19.1 Å². The zero-order chi connectivity index (χ0) is 16.5. The Balaban J connectivity index is 2.48. The van der Waals surface area contributed by atoms with E-state index in [0.29, 0.717) is 6.61 Å². The van der Waals surface area contributed by atoms with Crippen LogP contribution in [0.1, 0.15) is 25.3 Å². The van der Waals surface area contributed by atoms with Gasteiger partial charge in [-0.25, -0.2) is 12.8 Å². The summed E-state index contributed by atoms with van der Waals surface area (Å²) in [6, 6.07) is 5.80. The molecular weight excluding hydrogens is 325 g/mol. The molecule has 0 unspecified atom stereocenters. The van der Waals surface area contributed by atoms with Gasteiger partial charge >= 0.3 is 0 Å². The fraction of sp³-hybridized carbons (Fsp3) is 0.533. The number of benzene rings is 1. The summed E-state index contributed by atoms with van der Waals surface area (Å²) in [5, 5.41) is -0.709. The van der Waals surface area contributed by atoms with Crippen molar-refractivity contribution in [1.82, 2.24) is 0 Å². The van der Waals surface area contributed by atoms with E-state index in [1.165, 1.54) is 12.1 Å². The van der Waals surface area contributed by atoms with Crippen LogP contribution in [0.15, 0.2) is 24.3 Å². The predicted octanol–water partition coefficient (Wildman–Crippen LogP) is 2.04. The van der Waals surface area contributed by atoms with Crippen LogP contribution in [-0.2, 0) is 14.6 Å². The van der Waals surface area contributed by atoms with Gasteiger partial charge in [0.05, 0.1) is 22.3 Å². The summed E-state index contributed by atoms with van der Waals surface area (Å²) in [5.41, 5.74) is 5.70. The molecule has 0 radical (unpaired) electrons. The van der Waals surface area contributed by atoms with Crippen LogP contribution in [0.5, 0.6) is 0 Å². The first-order valence-corrected chi connectivity index (χ1v) is 9.28. The highest BCUT2D eigenvalue weighted by atomic mass is 32.2. The average Bonchev–Trinajstić information content (AvgIpc) is 3.17. The number of hydrogen-bond donors (Lipinski definition) is 1. The predicted molar refractivity (Wildman–Crippen MR) is 88.1 cm³/mol. The minimum Gasteiger partial charge on any atom is -0.393 e. The summed E-state index contributed by atoms with van der Waals surface area (Å²) < 4.78 is 43.5. The smallest absolute Gasteiger partial charge is 0.154 e. The molecular formula is C15H20FNO3S2. The lowest BCUT2D eigenvalue weighted by molar-refractivity contribution is 0.121. The fourth-order valence-corrected chi connectivity index (χ4v) is 5.53. The first-order chi connectivity index (χ1) is 10.3. The first-order valence-electron chi connectivity index (χ1n) is 7.16.